The van der Waals surface area contributed by atoms with Crippen molar-refractivity contribution in [1.29, 1.82) is 0 Å². The molecule has 0 radical (unpaired) electrons. The lowest BCUT2D eigenvalue weighted by Gasteiger charge is -1.65. The van der Waals surface area contributed by atoms with Gasteiger partial charge in [0.15, 0.2) is 0 Å². The Labute approximate surface area is 119 Å². The van der Waals surface area contributed by atoms with E-state index in [1.54, 1.807) is 28.9 Å². The van der Waals surface area contributed by atoms with E-state index >= 15 is 0 Å². The average Bonchev–Trinajstić information content (AvgIpc) is 3.05. The van der Waals surface area contributed by atoms with E-state index in [0.29, 0.717) is 0 Å². The Morgan fingerprint density at radius 3 is 2.00 bits per heavy atom. The second-order valence-corrected chi connectivity index (χ2v) is 5.80. The molecule has 0 bridgehead atoms. The van der Waals surface area contributed by atoms with Crippen molar-refractivity contribution in [2.45, 2.75) is 20.8 Å². The van der Waals surface area contributed by atoms with Gasteiger partial charge in [0.2, 0.25) is 0 Å². The van der Waals surface area contributed by atoms with Crippen LogP contribution in [0, 0.1) is 20.8 Å². The van der Waals surface area contributed by atoms with Crippen LogP contribution in [0.15, 0.2) is 33.9 Å². The van der Waals surface area contributed by atoms with E-state index in [1.807, 2.05) is 48.5 Å². The molecule has 0 fully saturated rings. The number of aromatic nitrogens is 3. The standard InChI is InChI=1S/3C4H5NS/c1-4-2-6-3-5-4;1-4-5-2-3-6-4;1-4-2-3-6-5-4/h3*2-3H,1H3. The number of hydrogen-bond donors (Lipinski definition) is 0. The maximum absolute atomic E-state index is 3.96. The molecule has 3 aromatic rings. The molecule has 18 heavy (non-hydrogen) atoms. The molecule has 3 aromatic heterocycles. The van der Waals surface area contributed by atoms with Gasteiger partial charge in [-0.2, -0.15) is 4.37 Å². The Morgan fingerprint density at radius 1 is 1.00 bits per heavy atom. The SMILES string of the molecule is Cc1ccsn1.Cc1cscn1.Cc1nccs1. The van der Waals surface area contributed by atoms with Gasteiger partial charge in [-0.3, -0.25) is 9.97 Å². The summed E-state index contributed by atoms with van der Waals surface area (Å²) in [5, 5.41) is 7.08. The summed E-state index contributed by atoms with van der Waals surface area (Å²) in [4.78, 5) is 7.87. The van der Waals surface area contributed by atoms with E-state index in [9.17, 15) is 0 Å². The van der Waals surface area contributed by atoms with Crippen LogP contribution >= 0.6 is 34.2 Å². The number of rotatable bonds is 0. The average molecular weight is 297 g/mol. The highest BCUT2D eigenvalue weighted by Crippen LogP contribution is 1.98. The van der Waals surface area contributed by atoms with Crippen LogP contribution in [0.4, 0.5) is 0 Å². The quantitative estimate of drug-likeness (QED) is 0.619. The van der Waals surface area contributed by atoms with Crippen LogP contribution in [0.5, 0.6) is 0 Å². The topological polar surface area (TPSA) is 38.7 Å². The summed E-state index contributed by atoms with van der Waals surface area (Å²) in [7, 11) is 0. The Hall–Kier alpha value is -1.11. The molecule has 0 aliphatic rings. The predicted molar refractivity (Wildman–Crippen MR) is 80.6 cm³/mol. The minimum atomic E-state index is 1.11. The Balaban J connectivity index is 0.000000135. The highest BCUT2D eigenvalue weighted by atomic mass is 32.1. The van der Waals surface area contributed by atoms with Crippen LogP contribution in [-0.4, -0.2) is 14.3 Å². The highest BCUT2D eigenvalue weighted by molar-refractivity contribution is 7.09. The summed E-state index contributed by atoms with van der Waals surface area (Å²) < 4.78 is 3.96. The molecule has 0 spiro atoms. The largest absolute Gasteiger partial charge is 0.250 e. The van der Waals surface area contributed by atoms with Gasteiger partial charge in [-0.25, -0.2) is 0 Å². The van der Waals surface area contributed by atoms with Crippen molar-refractivity contribution >= 4 is 34.2 Å². The van der Waals surface area contributed by atoms with Crippen molar-refractivity contribution in [2.75, 3.05) is 0 Å². The molecule has 3 heterocycles. The summed E-state index contributed by atoms with van der Waals surface area (Å²) in [5.74, 6) is 0. The number of thiazole rings is 2. The number of aryl methyl sites for hydroxylation is 3. The lowest BCUT2D eigenvalue weighted by molar-refractivity contribution is 1.27. The minimum Gasteiger partial charge on any atom is -0.250 e. The fourth-order valence-corrected chi connectivity index (χ4v) is 2.37. The van der Waals surface area contributed by atoms with Gasteiger partial charge >= 0.3 is 0 Å². The van der Waals surface area contributed by atoms with Gasteiger partial charge in [-0.05, 0) is 38.4 Å². The van der Waals surface area contributed by atoms with Crippen molar-refractivity contribution in [2.24, 2.45) is 0 Å². The van der Waals surface area contributed by atoms with Crippen LogP contribution in [-0.2, 0) is 0 Å². The lowest BCUT2D eigenvalue weighted by atomic mass is 10.5. The van der Waals surface area contributed by atoms with Crippen molar-refractivity contribution in [3.63, 3.8) is 0 Å². The second-order valence-electron chi connectivity index (χ2n) is 3.32. The third-order valence-electron chi connectivity index (χ3n) is 1.68. The smallest absolute Gasteiger partial charge is 0.0893 e. The maximum Gasteiger partial charge on any atom is 0.0893 e. The lowest BCUT2D eigenvalue weighted by Crippen LogP contribution is -1.59. The molecular weight excluding hydrogens is 282 g/mol. The molecule has 0 aliphatic heterocycles. The van der Waals surface area contributed by atoms with E-state index in [-0.39, 0.29) is 0 Å². The Morgan fingerprint density at radius 2 is 1.83 bits per heavy atom. The van der Waals surface area contributed by atoms with Gasteiger partial charge in [0, 0.05) is 28.0 Å². The molecule has 0 atom stereocenters. The van der Waals surface area contributed by atoms with Gasteiger partial charge in [0.1, 0.15) is 0 Å². The second kappa shape index (κ2) is 8.91. The molecule has 3 rings (SSSR count). The number of hydrogen-bond acceptors (Lipinski definition) is 6. The Kier molecular flexibility index (Phi) is 7.40. The van der Waals surface area contributed by atoms with Crippen molar-refractivity contribution < 1.29 is 0 Å². The molecule has 96 valence electrons. The Bertz CT molecular complexity index is 410. The van der Waals surface area contributed by atoms with Gasteiger partial charge in [-0.15, -0.1) is 22.7 Å². The summed E-state index contributed by atoms with van der Waals surface area (Å²) in [6.45, 7) is 5.96. The highest BCUT2D eigenvalue weighted by Gasteiger charge is 1.77. The van der Waals surface area contributed by atoms with E-state index in [0.717, 1.165) is 16.4 Å². The first-order chi connectivity index (χ1) is 8.68. The van der Waals surface area contributed by atoms with Gasteiger partial charge in [-0.1, -0.05) is 0 Å². The molecule has 0 N–H and O–H groups in total. The molecule has 0 aliphatic carbocycles. The third-order valence-corrected chi connectivity index (χ3v) is 3.74. The molecule has 0 aromatic carbocycles. The molecule has 0 saturated carbocycles. The van der Waals surface area contributed by atoms with E-state index in [2.05, 4.69) is 14.3 Å². The maximum atomic E-state index is 3.96. The zero-order chi connectivity index (χ0) is 13.2. The first-order valence-electron chi connectivity index (χ1n) is 5.26. The molecular formula is C12H15N3S3. The van der Waals surface area contributed by atoms with Gasteiger partial charge < -0.3 is 0 Å². The summed E-state index contributed by atoms with van der Waals surface area (Å²) >= 11 is 4.78. The third kappa shape index (κ3) is 7.26. The summed E-state index contributed by atoms with van der Waals surface area (Å²) in [6, 6.07) is 1.99. The molecule has 0 amide bonds. The van der Waals surface area contributed by atoms with Gasteiger partial charge in [0.05, 0.1) is 16.2 Å². The fraction of sp³-hybridized carbons (Fsp3) is 0.250. The normalized spacial score (nSPS) is 8.83. The molecule has 6 heteroatoms. The van der Waals surface area contributed by atoms with E-state index < -0.39 is 0 Å². The van der Waals surface area contributed by atoms with Crippen LogP contribution < -0.4 is 0 Å². The first kappa shape index (κ1) is 14.9. The molecule has 0 saturated heterocycles. The molecule has 0 unspecified atom stereocenters. The van der Waals surface area contributed by atoms with Crippen molar-refractivity contribution in [3.05, 3.63) is 50.3 Å². The van der Waals surface area contributed by atoms with E-state index in [4.69, 9.17) is 0 Å². The zero-order valence-electron chi connectivity index (χ0n) is 10.5. The zero-order valence-corrected chi connectivity index (χ0v) is 13.0. The predicted octanol–water partition coefficient (Wildman–Crippen LogP) is 4.35. The van der Waals surface area contributed by atoms with Crippen LogP contribution in [0.3, 0.4) is 0 Å². The minimum absolute atomic E-state index is 1.11. The van der Waals surface area contributed by atoms with Crippen LogP contribution in [0.1, 0.15) is 16.4 Å². The molecule has 3 nitrogen and oxygen atoms in total. The van der Waals surface area contributed by atoms with Crippen LogP contribution in [0.2, 0.25) is 0 Å². The fourth-order valence-electron chi connectivity index (χ4n) is 0.841. The van der Waals surface area contributed by atoms with E-state index in [1.165, 1.54) is 11.5 Å². The summed E-state index contributed by atoms with van der Waals surface area (Å²) in [6.07, 6.45) is 1.81. The monoisotopic (exact) mass is 297 g/mol. The van der Waals surface area contributed by atoms with Gasteiger partial charge in [0.25, 0.3) is 0 Å². The van der Waals surface area contributed by atoms with Crippen molar-refractivity contribution in [1.82, 2.24) is 14.3 Å². The van der Waals surface area contributed by atoms with Crippen molar-refractivity contribution in [3.8, 4) is 0 Å². The number of nitrogens with zero attached hydrogens (tertiary/aromatic N) is 3. The summed E-state index contributed by atoms with van der Waals surface area (Å²) in [5.41, 5.74) is 4.05. The first-order valence-corrected chi connectivity index (χ1v) is 7.92. The van der Waals surface area contributed by atoms with Crippen LogP contribution in [0.25, 0.3) is 0 Å².